The van der Waals surface area contributed by atoms with Crippen molar-refractivity contribution in [3.8, 4) is 0 Å². The highest BCUT2D eigenvalue weighted by atomic mass is 19.1. The average molecular weight is 242 g/mol. The fourth-order valence-corrected chi connectivity index (χ4v) is 1.41. The number of nitrogens with zero attached hydrogens (tertiary/aromatic N) is 1. The third kappa shape index (κ3) is 2.78. The molecule has 94 valence electrons. The third-order valence-corrected chi connectivity index (χ3v) is 2.78. The Bertz CT molecular complexity index is 435. The molecule has 0 spiro atoms. The smallest absolute Gasteiger partial charge is 0.305 e. The highest BCUT2D eigenvalue weighted by molar-refractivity contribution is 5.38. The first-order valence-electron chi connectivity index (χ1n) is 5.10. The molecule has 5 nitrogen and oxygen atoms in total. The summed E-state index contributed by atoms with van der Waals surface area (Å²) in [7, 11) is 0. The molecule has 0 aliphatic rings. The zero-order valence-electron chi connectivity index (χ0n) is 9.68. The van der Waals surface area contributed by atoms with E-state index in [0.717, 1.165) is 12.1 Å². The fourth-order valence-electron chi connectivity index (χ4n) is 1.41. The molecule has 0 aliphatic heterocycles. The van der Waals surface area contributed by atoms with Crippen molar-refractivity contribution in [2.45, 2.75) is 19.9 Å². The van der Waals surface area contributed by atoms with Crippen molar-refractivity contribution < 1.29 is 14.4 Å². The van der Waals surface area contributed by atoms with Crippen LogP contribution in [0.5, 0.6) is 0 Å². The summed E-state index contributed by atoms with van der Waals surface area (Å²) in [6, 6.07) is 2.91. The first-order chi connectivity index (χ1) is 7.79. The van der Waals surface area contributed by atoms with Crippen LogP contribution in [0.15, 0.2) is 18.2 Å². The lowest BCUT2D eigenvalue weighted by Crippen LogP contribution is -2.32. The van der Waals surface area contributed by atoms with Gasteiger partial charge in [-0.25, -0.2) is 0 Å². The lowest BCUT2D eigenvalue weighted by atomic mass is 9.82. The van der Waals surface area contributed by atoms with Gasteiger partial charge in [-0.3, -0.25) is 10.1 Å². The zero-order valence-corrected chi connectivity index (χ0v) is 9.68. The van der Waals surface area contributed by atoms with Gasteiger partial charge in [0.25, 0.3) is 0 Å². The minimum atomic E-state index is -0.896. The number of hydrogen-bond donors (Lipinski definition) is 2. The van der Waals surface area contributed by atoms with E-state index in [1.165, 1.54) is 6.07 Å². The molecule has 1 aromatic carbocycles. The van der Waals surface area contributed by atoms with Gasteiger partial charge in [0.1, 0.15) is 0 Å². The molecule has 1 rings (SSSR count). The first-order valence-corrected chi connectivity index (χ1v) is 5.10. The summed E-state index contributed by atoms with van der Waals surface area (Å²) in [4.78, 5) is 9.80. The summed E-state index contributed by atoms with van der Waals surface area (Å²) in [5.74, 6) is -0.896. The maximum Gasteiger partial charge on any atom is 0.305 e. The van der Waals surface area contributed by atoms with Gasteiger partial charge in [0.2, 0.25) is 5.82 Å². The van der Waals surface area contributed by atoms with Crippen LogP contribution in [0.1, 0.15) is 25.5 Å². The summed E-state index contributed by atoms with van der Waals surface area (Å²) in [5, 5.41) is 19.8. The number of hydrogen-bond acceptors (Lipinski definition) is 4. The lowest BCUT2D eigenvalue weighted by Gasteiger charge is -2.29. The largest absolute Gasteiger partial charge is 0.396 e. The molecule has 0 aromatic heterocycles. The highest BCUT2D eigenvalue weighted by Gasteiger charge is 2.28. The van der Waals surface area contributed by atoms with Gasteiger partial charge in [0, 0.05) is 24.1 Å². The Balaban J connectivity index is 3.16. The monoisotopic (exact) mass is 242 g/mol. The van der Waals surface area contributed by atoms with Crippen LogP contribution in [-0.4, -0.2) is 16.6 Å². The van der Waals surface area contributed by atoms with Crippen LogP contribution in [0, 0.1) is 21.3 Å². The Morgan fingerprint density at radius 2 is 2.18 bits per heavy atom. The van der Waals surface area contributed by atoms with Gasteiger partial charge < -0.3 is 10.8 Å². The summed E-state index contributed by atoms with van der Waals surface area (Å²) in [6.07, 6.45) is 0. The molecular weight excluding hydrogens is 227 g/mol. The molecular formula is C11H15FN2O3. The first kappa shape index (κ1) is 13.5. The van der Waals surface area contributed by atoms with Crippen LogP contribution < -0.4 is 5.73 Å². The Kier molecular flexibility index (Phi) is 3.79. The topological polar surface area (TPSA) is 89.4 Å². The van der Waals surface area contributed by atoms with Crippen LogP contribution in [0.4, 0.5) is 10.1 Å². The van der Waals surface area contributed by atoms with Crippen molar-refractivity contribution in [3.05, 3.63) is 39.7 Å². The van der Waals surface area contributed by atoms with E-state index in [2.05, 4.69) is 0 Å². The predicted molar refractivity (Wildman–Crippen MR) is 60.8 cm³/mol. The standard InChI is InChI=1S/C11H15FN2O3/c1-11(2,6-15)10(13)7-3-4-8(12)9(5-7)14(16)17/h3-5,10,15H,6,13H2,1-2H3/t10-/m0/s1. The number of nitro groups is 1. The van der Waals surface area contributed by atoms with Gasteiger partial charge in [0.15, 0.2) is 0 Å². The molecule has 0 saturated carbocycles. The average Bonchev–Trinajstić information content (AvgIpc) is 2.28. The Labute approximate surface area is 98.2 Å². The number of nitro benzene ring substituents is 1. The van der Waals surface area contributed by atoms with Gasteiger partial charge in [-0.05, 0) is 11.6 Å². The molecule has 0 unspecified atom stereocenters. The zero-order chi connectivity index (χ0) is 13.2. The van der Waals surface area contributed by atoms with E-state index in [1.54, 1.807) is 13.8 Å². The molecule has 0 fully saturated rings. The molecule has 0 heterocycles. The van der Waals surface area contributed by atoms with E-state index >= 15 is 0 Å². The number of aliphatic hydroxyl groups excluding tert-OH is 1. The van der Waals surface area contributed by atoms with Crippen molar-refractivity contribution in [2.75, 3.05) is 6.61 Å². The van der Waals surface area contributed by atoms with Crippen molar-refractivity contribution >= 4 is 5.69 Å². The van der Waals surface area contributed by atoms with Crippen LogP contribution >= 0.6 is 0 Å². The summed E-state index contributed by atoms with van der Waals surface area (Å²) in [6.45, 7) is 3.29. The lowest BCUT2D eigenvalue weighted by molar-refractivity contribution is -0.387. The molecule has 0 bridgehead atoms. The second-order valence-electron chi connectivity index (χ2n) is 4.59. The van der Waals surface area contributed by atoms with E-state index in [0.29, 0.717) is 5.56 Å². The van der Waals surface area contributed by atoms with Crippen LogP contribution in [-0.2, 0) is 0 Å². The third-order valence-electron chi connectivity index (χ3n) is 2.78. The highest BCUT2D eigenvalue weighted by Crippen LogP contribution is 2.32. The molecule has 1 aromatic rings. The summed E-state index contributed by atoms with van der Waals surface area (Å²) >= 11 is 0. The Morgan fingerprint density at radius 1 is 1.59 bits per heavy atom. The van der Waals surface area contributed by atoms with E-state index < -0.39 is 27.9 Å². The van der Waals surface area contributed by atoms with Crippen LogP contribution in [0.2, 0.25) is 0 Å². The number of aliphatic hydroxyl groups is 1. The maximum atomic E-state index is 13.1. The van der Waals surface area contributed by atoms with Gasteiger partial charge >= 0.3 is 5.69 Å². The molecule has 6 heteroatoms. The second kappa shape index (κ2) is 4.77. The summed E-state index contributed by atoms with van der Waals surface area (Å²) in [5.41, 5.74) is 5.09. The summed E-state index contributed by atoms with van der Waals surface area (Å²) < 4.78 is 13.1. The van der Waals surface area contributed by atoms with Gasteiger partial charge in [-0.15, -0.1) is 0 Å². The minimum absolute atomic E-state index is 0.167. The normalized spacial score (nSPS) is 13.5. The molecule has 0 amide bonds. The molecule has 0 radical (unpaired) electrons. The molecule has 0 aliphatic carbocycles. The van der Waals surface area contributed by atoms with Gasteiger partial charge in [-0.2, -0.15) is 4.39 Å². The van der Waals surface area contributed by atoms with Crippen LogP contribution in [0.25, 0.3) is 0 Å². The molecule has 3 N–H and O–H groups in total. The Morgan fingerprint density at radius 3 is 2.65 bits per heavy atom. The van der Waals surface area contributed by atoms with Crippen LogP contribution in [0.3, 0.4) is 0 Å². The van der Waals surface area contributed by atoms with Gasteiger partial charge in [0.05, 0.1) is 4.92 Å². The molecule has 0 saturated heterocycles. The number of halogens is 1. The number of benzene rings is 1. The van der Waals surface area contributed by atoms with E-state index in [-0.39, 0.29) is 6.61 Å². The molecule has 17 heavy (non-hydrogen) atoms. The predicted octanol–water partition coefficient (Wildman–Crippen LogP) is 1.75. The van der Waals surface area contributed by atoms with E-state index in [1.807, 2.05) is 0 Å². The minimum Gasteiger partial charge on any atom is -0.396 e. The fraction of sp³-hybridized carbons (Fsp3) is 0.455. The van der Waals surface area contributed by atoms with Gasteiger partial charge in [-0.1, -0.05) is 19.9 Å². The maximum absolute atomic E-state index is 13.1. The second-order valence-corrected chi connectivity index (χ2v) is 4.59. The number of rotatable bonds is 4. The SMILES string of the molecule is CC(C)(CO)[C@@H](N)c1ccc(F)c([N+](=O)[O-])c1. The van der Waals surface area contributed by atoms with Crippen molar-refractivity contribution in [1.82, 2.24) is 0 Å². The van der Waals surface area contributed by atoms with Crippen molar-refractivity contribution in [3.63, 3.8) is 0 Å². The van der Waals surface area contributed by atoms with E-state index in [9.17, 15) is 19.6 Å². The van der Waals surface area contributed by atoms with Crippen molar-refractivity contribution in [1.29, 1.82) is 0 Å². The molecule has 1 atom stereocenters. The quantitative estimate of drug-likeness (QED) is 0.621. The van der Waals surface area contributed by atoms with E-state index in [4.69, 9.17) is 5.73 Å². The Hall–Kier alpha value is -1.53. The van der Waals surface area contributed by atoms with Crippen molar-refractivity contribution in [2.24, 2.45) is 11.1 Å². The number of nitrogens with two attached hydrogens (primary N) is 1.